The quantitative estimate of drug-likeness (QED) is 0.852. The summed E-state index contributed by atoms with van der Waals surface area (Å²) in [6.45, 7) is 3.94. The van der Waals surface area contributed by atoms with Gasteiger partial charge in [0.1, 0.15) is 0 Å². The molecule has 106 valence electrons. The molecular weight excluding hydrogens is 386 g/mol. The molecule has 6 heteroatoms. The van der Waals surface area contributed by atoms with E-state index in [1.807, 2.05) is 33.0 Å². The number of nitrogens with zero attached hydrogens (tertiary/aromatic N) is 2. The van der Waals surface area contributed by atoms with E-state index in [4.69, 9.17) is 0 Å². The van der Waals surface area contributed by atoms with Crippen LogP contribution in [0.25, 0.3) is 0 Å². The number of halogens is 2. The fourth-order valence-corrected chi connectivity index (χ4v) is 3.19. The molecule has 20 heavy (non-hydrogen) atoms. The third-order valence-electron chi connectivity index (χ3n) is 3.26. The van der Waals surface area contributed by atoms with Gasteiger partial charge >= 0.3 is 0 Å². The van der Waals surface area contributed by atoms with Crippen molar-refractivity contribution >= 4 is 37.8 Å². The first kappa shape index (κ1) is 15.3. The van der Waals surface area contributed by atoms with Gasteiger partial charge in [-0.05, 0) is 48.0 Å². The van der Waals surface area contributed by atoms with E-state index in [0.717, 1.165) is 20.2 Å². The Morgan fingerprint density at radius 3 is 2.65 bits per heavy atom. The third-order valence-corrected chi connectivity index (χ3v) is 4.41. The molecule has 2 aromatic rings. The molecule has 0 aliphatic heterocycles. The van der Waals surface area contributed by atoms with Crippen LogP contribution in [0.4, 0.5) is 0 Å². The Balaban J connectivity index is 2.17. The summed E-state index contributed by atoms with van der Waals surface area (Å²) >= 11 is 6.78. The second-order valence-corrected chi connectivity index (χ2v) is 6.40. The highest BCUT2D eigenvalue weighted by molar-refractivity contribution is 9.11. The lowest BCUT2D eigenvalue weighted by Crippen LogP contribution is -2.27. The standard InChI is InChI=1S/C14H15Br2N3O/c1-8(12-7-17-19(3)9(12)2)18-14(20)11-5-4-10(15)6-13(11)16/h4-8H,1-3H3,(H,18,20). The number of hydrogen-bond acceptors (Lipinski definition) is 2. The molecule has 0 aliphatic carbocycles. The van der Waals surface area contributed by atoms with E-state index in [2.05, 4.69) is 42.3 Å². The zero-order valence-corrected chi connectivity index (χ0v) is 14.6. The molecule has 0 aliphatic rings. The summed E-state index contributed by atoms with van der Waals surface area (Å²) in [7, 11) is 1.89. The summed E-state index contributed by atoms with van der Waals surface area (Å²) in [6, 6.07) is 5.40. The molecule has 0 bridgehead atoms. The van der Waals surface area contributed by atoms with Gasteiger partial charge < -0.3 is 5.32 Å². The number of amides is 1. The largest absolute Gasteiger partial charge is 0.345 e. The average Bonchev–Trinajstić information content (AvgIpc) is 2.69. The molecular formula is C14H15Br2N3O. The van der Waals surface area contributed by atoms with E-state index in [1.54, 1.807) is 16.9 Å². The first-order valence-corrected chi connectivity index (χ1v) is 7.73. The first-order valence-electron chi connectivity index (χ1n) is 6.14. The zero-order chi connectivity index (χ0) is 14.9. The van der Waals surface area contributed by atoms with Crippen LogP contribution in [0, 0.1) is 6.92 Å². The summed E-state index contributed by atoms with van der Waals surface area (Å²) in [5, 5.41) is 7.19. The van der Waals surface area contributed by atoms with Crippen molar-refractivity contribution in [2.45, 2.75) is 19.9 Å². The van der Waals surface area contributed by atoms with E-state index in [9.17, 15) is 4.79 Å². The lowest BCUT2D eigenvalue weighted by Gasteiger charge is -2.14. The van der Waals surface area contributed by atoms with Gasteiger partial charge in [0.2, 0.25) is 0 Å². The summed E-state index contributed by atoms with van der Waals surface area (Å²) in [4.78, 5) is 12.3. The van der Waals surface area contributed by atoms with Crippen molar-refractivity contribution < 1.29 is 4.79 Å². The van der Waals surface area contributed by atoms with Crippen LogP contribution in [0.3, 0.4) is 0 Å². The number of benzene rings is 1. The molecule has 1 aromatic carbocycles. The van der Waals surface area contributed by atoms with Crippen molar-refractivity contribution in [2.75, 3.05) is 0 Å². The minimum Gasteiger partial charge on any atom is -0.345 e. The van der Waals surface area contributed by atoms with Crippen molar-refractivity contribution in [2.24, 2.45) is 7.05 Å². The molecule has 4 nitrogen and oxygen atoms in total. The molecule has 1 aromatic heterocycles. The maximum Gasteiger partial charge on any atom is 0.252 e. The Bertz CT molecular complexity index is 652. The lowest BCUT2D eigenvalue weighted by atomic mass is 10.1. The minimum atomic E-state index is -0.111. The van der Waals surface area contributed by atoms with Crippen LogP contribution >= 0.6 is 31.9 Å². The highest BCUT2D eigenvalue weighted by Crippen LogP contribution is 2.23. The van der Waals surface area contributed by atoms with Crippen molar-refractivity contribution in [1.82, 2.24) is 15.1 Å². The van der Waals surface area contributed by atoms with Gasteiger partial charge in [0.15, 0.2) is 0 Å². The lowest BCUT2D eigenvalue weighted by molar-refractivity contribution is 0.0939. The fourth-order valence-electron chi connectivity index (χ4n) is 1.97. The molecule has 0 saturated carbocycles. The first-order chi connectivity index (χ1) is 9.40. The molecule has 0 radical (unpaired) electrons. The normalized spacial score (nSPS) is 12.2. The van der Waals surface area contributed by atoms with Gasteiger partial charge in [-0.25, -0.2) is 0 Å². The number of nitrogens with one attached hydrogen (secondary N) is 1. The molecule has 1 N–H and O–H groups in total. The average molecular weight is 401 g/mol. The number of carbonyl (C=O) groups excluding carboxylic acids is 1. The number of aryl methyl sites for hydroxylation is 1. The molecule has 1 heterocycles. The number of rotatable bonds is 3. The van der Waals surface area contributed by atoms with Gasteiger partial charge in [-0.15, -0.1) is 0 Å². The topological polar surface area (TPSA) is 46.9 Å². The minimum absolute atomic E-state index is 0.0910. The van der Waals surface area contributed by atoms with E-state index < -0.39 is 0 Å². The molecule has 0 saturated heterocycles. The summed E-state index contributed by atoms with van der Waals surface area (Å²) < 4.78 is 3.49. The SMILES string of the molecule is Cc1c(C(C)NC(=O)c2ccc(Br)cc2Br)cnn1C. The van der Waals surface area contributed by atoms with Crippen LogP contribution in [-0.2, 0) is 7.05 Å². The maximum atomic E-state index is 12.3. The molecule has 1 amide bonds. The summed E-state index contributed by atoms with van der Waals surface area (Å²) in [6.07, 6.45) is 1.79. The number of hydrogen-bond donors (Lipinski definition) is 1. The molecule has 0 fully saturated rings. The molecule has 1 atom stereocenters. The molecule has 2 rings (SSSR count). The van der Waals surface area contributed by atoms with E-state index >= 15 is 0 Å². The second-order valence-electron chi connectivity index (χ2n) is 4.63. The van der Waals surface area contributed by atoms with Crippen LogP contribution in [-0.4, -0.2) is 15.7 Å². The van der Waals surface area contributed by atoms with E-state index in [1.165, 1.54) is 0 Å². The van der Waals surface area contributed by atoms with Crippen LogP contribution < -0.4 is 5.32 Å². The van der Waals surface area contributed by atoms with Gasteiger partial charge in [0.25, 0.3) is 5.91 Å². The Morgan fingerprint density at radius 1 is 1.40 bits per heavy atom. The number of carbonyl (C=O) groups is 1. The van der Waals surface area contributed by atoms with Crippen molar-refractivity contribution in [3.8, 4) is 0 Å². The van der Waals surface area contributed by atoms with Crippen molar-refractivity contribution in [3.05, 3.63) is 50.2 Å². The van der Waals surface area contributed by atoms with Gasteiger partial charge in [0.05, 0.1) is 17.8 Å². The van der Waals surface area contributed by atoms with Crippen LogP contribution in [0.15, 0.2) is 33.3 Å². The van der Waals surface area contributed by atoms with Gasteiger partial charge in [-0.2, -0.15) is 5.10 Å². The van der Waals surface area contributed by atoms with Crippen LogP contribution in [0.2, 0.25) is 0 Å². The van der Waals surface area contributed by atoms with Gasteiger partial charge in [-0.3, -0.25) is 9.48 Å². The van der Waals surface area contributed by atoms with Gasteiger partial charge in [-0.1, -0.05) is 15.9 Å². The summed E-state index contributed by atoms with van der Waals surface area (Å²) in [5.41, 5.74) is 2.68. The Kier molecular flexibility index (Phi) is 4.65. The zero-order valence-electron chi connectivity index (χ0n) is 11.4. The van der Waals surface area contributed by atoms with Crippen LogP contribution in [0.5, 0.6) is 0 Å². The molecule has 0 spiro atoms. The fraction of sp³-hybridized carbons (Fsp3) is 0.286. The Hall–Kier alpha value is -1.14. The Labute approximate surface area is 134 Å². The third kappa shape index (κ3) is 3.12. The van der Waals surface area contributed by atoms with E-state index in [0.29, 0.717) is 5.56 Å². The van der Waals surface area contributed by atoms with Crippen molar-refractivity contribution in [3.63, 3.8) is 0 Å². The monoisotopic (exact) mass is 399 g/mol. The molecule has 1 unspecified atom stereocenters. The van der Waals surface area contributed by atoms with Crippen molar-refractivity contribution in [1.29, 1.82) is 0 Å². The smallest absolute Gasteiger partial charge is 0.252 e. The van der Waals surface area contributed by atoms with Crippen LogP contribution in [0.1, 0.15) is 34.6 Å². The highest BCUT2D eigenvalue weighted by atomic mass is 79.9. The highest BCUT2D eigenvalue weighted by Gasteiger charge is 2.17. The van der Waals surface area contributed by atoms with Gasteiger partial charge in [0, 0.05) is 27.3 Å². The number of aromatic nitrogens is 2. The predicted octanol–water partition coefficient (Wildman–Crippen LogP) is 3.74. The summed E-state index contributed by atoms with van der Waals surface area (Å²) in [5.74, 6) is -0.111. The van der Waals surface area contributed by atoms with E-state index in [-0.39, 0.29) is 11.9 Å². The predicted molar refractivity (Wildman–Crippen MR) is 85.7 cm³/mol. The Morgan fingerprint density at radius 2 is 2.10 bits per heavy atom. The second kappa shape index (κ2) is 6.10. The maximum absolute atomic E-state index is 12.3.